The Labute approximate surface area is 93.1 Å². The lowest BCUT2D eigenvalue weighted by atomic mass is 9.97. The lowest BCUT2D eigenvalue weighted by molar-refractivity contribution is 0.635. The molecular weight excluding hydrogens is 188 g/mol. The standard InChI is InChI=1S/C13H20S/c1-9(2)11-5-7-12(8-6-11)13(14)10(3)4/h5-10,13-14H,1-4H3. The molecule has 0 saturated carbocycles. The first kappa shape index (κ1) is 11.6. The predicted octanol–water partition coefficient (Wildman–Crippen LogP) is 4.44. The number of thiol groups is 1. The normalized spacial score (nSPS) is 13.6. The Morgan fingerprint density at radius 2 is 1.29 bits per heavy atom. The highest BCUT2D eigenvalue weighted by atomic mass is 32.1. The molecule has 1 unspecified atom stereocenters. The molecule has 1 atom stereocenters. The molecule has 0 nitrogen and oxygen atoms in total. The molecule has 1 aromatic carbocycles. The van der Waals surface area contributed by atoms with E-state index >= 15 is 0 Å². The van der Waals surface area contributed by atoms with E-state index in [2.05, 4.69) is 64.6 Å². The van der Waals surface area contributed by atoms with E-state index in [1.165, 1.54) is 11.1 Å². The van der Waals surface area contributed by atoms with Crippen molar-refractivity contribution in [1.82, 2.24) is 0 Å². The molecule has 1 heteroatoms. The van der Waals surface area contributed by atoms with Crippen LogP contribution in [0.4, 0.5) is 0 Å². The van der Waals surface area contributed by atoms with E-state index in [1.807, 2.05) is 0 Å². The van der Waals surface area contributed by atoms with Gasteiger partial charge in [-0.25, -0.2) is 0 Å². The van der Waals surface area contributed by atoms with Gasteiger partial charge >= 0.3 is 0 Å². The van der Waals surface area contributed by atoms with Crippen molar-refractivity contribution in [3.8, 4) is 0 Å². The summed E-state index contributed by atoms with van der Waals surface area (Å²) in [5.74, 6) is 1.20. The Kier molecular flexibility index (Phi) is 4.06. The maximum absolute atomic E-state index is 4.60. The Hall–Kier alpha value is -0.430. The molecule has 1 aromatic rings. The summed E-state index contributed by atoms with van der Waals surface area (Å²) in [4.78, 5) is 0. The van der Waals surface area contributed by atoms with E-state index in [0.717, 1.165) is 0 Å². The van der Waals surface area contributed by atoms with Crippen molar-refractivity contribution in [2.75, 3.05) is 0 Å². The van der Waals surface area contributed by atoms with Crippen molar-refractivity contribution in [1.29, 1.82) is 0 Å². The average molecular weight is 208 g/mol. The van der Waals surface area contributed by atoms with Gasteiger partial charge in [-0.15, -0.1) is 0 Å². The second kappa shape index (κ2) is 4.88. The predicted molar refractivity (Wildman–Crippen MR) is 67.1 cm³/mol. The van der Waals surface area contributed by atoms with Gasteiger partial charge in [0, 0.05) is 5.25 Å². The van der Waals surface area contributed by atoms with E-state index in [4.69, 9.17) is 0 Å². The lowest BCUT2D eigenvalue weighted by Gasteiger charge is -2.16. The summed E-state index contributed by atoms with van der Waals surface area (Å²) >= 11 is 4.60. The maximum atomic E-state index is 4.60. The van der Waals surface area contributed by atoms with Crippen molar-refractivity contribution >= 4 is 12.6 Å². The molecule has 0 amide bonds. The second-order valence-corrected chi connectivity index (χ2v) is 5.07. The van der Waals surface area contributed by atoms with Crippen molar-refractivity contribution < 1.29 is 0 Å². The fourth-order valence-corrected chi connectivity index (χ4v) is 1.64. The highest BCUT2D eigenvalue weighted by Gasteiger charge is 2.10. The molecule has 0 aliphatic carbocycles. The molecule has 1 rings (SSSR count). The molecular formula is C13H20S. The summed E-state index contributed by atoms with van der Waals surface area (Å²) in [5, 5.41) is 0.358. The van der Waals surface area contributed by atoms with Gasteiger partial charge in [0.1, 0.15) is 0 Å². The van der Waals surface area contributed by atoms with Crippen molar-refractivity contribution in [2.45, 2.75) is 38.9 Å². The first-order valence-corrected chi connectivity index (χ1v) is 5.82. The van der Waals surface area contributed by atoms with Gasteiger partial charge in [0.2, 0.25) is 0 Å². The Morgan fingerprint density at radius 3 is 1.64 bits per heavy atom. The molecule has 0 saturated heterocycles. The van der Waals surface area contributed by atoms with E-state index in [9.17, 15) is 0 Å². The summed E-state index contributed by atoms with van der Waals surface area (Å²) in [6.07, 6.45) is 0. The fourth-order valence-electron chi connectivity index (χ4n) is 1.46. The van der Waals surface area contributed by atoms with Crippen LogP contribution in [0.1, 0.15) is 50.0 Å². The molecule has 0 fully saturated rings. The van der Waals surface area contributed by atoms with Gasteiger partial charge in [-0.3, -0.25) is 0 Å². The third kappa shape index (κ3) is 2.78. The zero-order valence-electron chi connectivity index (χ0n) is 9.49. The van der Waals surface area contributed by atoms with Gasteiger partial charge in [-0.05, 0) is 23.0 Å². The lowest BCUT2D eigenvalue weighted by Crippen LogP contribution is -1.99. The summed E-state index contributed by atoms with van der Waals surface area (Å²) in [7, 11) is 0. The Balaban J connectivity index is 2.83. The minimum Gasteiger partial charge on any atom is -0.171 e. The van der Waals surface area contributed by atoms with Gasteiger partial charge in [0.05, 0.1) is 0 Å². The average Bonchev–Trinajstić information content (AvgIpc) is 2.16. The minimum atomic E-state index is 0.358. The fraction of sp³-hybridized carbons (Fsp3) is 0.538. The largest absolute Gasteiger partial charge is 0.171 e. The molecule has 0 spiro atoms. The second-order valence-electron chi connectivity index (χ2n) is 4.51. The van der Waals surface area contributed by atoms with Crippen LogP contribution in [0.25, 0.3) is 0 Å². The summed E-state index contributed by atoms with van der Waals surface area (Å²) < 4.78 is 0. The number of rotatable bonds is 3. The van der Waals surface area contributed by atoms with Gasteiger partial charge < -0.3 is 0 Å². The first-order chi connectivity index (χ1) is 6.52. The van der Waals surface area contributed by atoms with E-state index in [1.54, 1.807) is 0 Å². The number of hydrogen-bond donors (Lipinski definition) is 1. The van der Waals surface area contributed by atoms with Crippen LogP contribution in [-0.2, 0) is 0 Å². The van der Waals surface area contributed by atoms with E-state index < -0.39 is 0 Å². The third-order valence-corrected chi connectivity index (χ3v) is 3.47. The van der Waals surface area contributed by atoms with Crippen LogP contribution in [-0.4, -0.2) is 0 Å². The topological polar surface area (TPSA) is 0 Å². The molecule has 0 heterocycles. The summed E-state index contributed by atoms with van der Waals surface area (Å²) in [6, 6.07) is 8.83. The van der Waals surface area contributed by atoms with Crippen LogP contribution in [0.3, 0.4) is 0 Å². The van der Waals surface area contributed by atoms with Crippen molar-refractivity contribution in [2.24, 2.45) is 5.92 Å². The minimum absolute atomic E-state index is 0.358. The third-order valence-electron chi connectivity index (χ3n) is 2.58. The highest BCUT2D eigenvalue weighted by Crippen LogP contribution is 2.28. The molecule has 0 radical (unpaired) electrons. The van der Waals surface area contributed by atoms with Crippen LogP contribution in [0.2, 0.25) is 0 Å². The molecule has 0 N–H and O–H groups in total. The Bertz CT molecular complexity index is 272. The van der Waals surface area contributed by atoms with E-state index in [-0.39, 0.29) is 0 Å². The molecule has 14 heavy (non-hydrogen) atoms. The SMILES string of the molecule is CC(C)c1ccc(C(S)C(C)C)cc1. The zero-order valence-corrected chi connectivity index (χ0v) is 10.4. The van der Waals surface area contributed by atoms with Gasteiger partial charge in [-0.1, -0.05) is 52.0 Å². The zero-order chi connectivity index (χ0) is 10.7. The van der Waals surface area contributed by atoms with Crippen molar-refractivity contribution in [3.63, 3.8) is 0 Å². The first-order valence-electron chi connectivity index (χ1n) is 5.30. The van der Waals surface area contributed by atoms with Crippen molar-refractivity contribution in [3.05, 3.63) is 35.4 Å². The molecule has 0 aliphatic rings. The molecule has 0 aliphatic heterocycles. The van der Waals surface area contributed by atoms with Gasteiger partial charge in [0.15, 0.2) is 0 Å². The van der Waals surface area contributed by atoms with E-state index in [0.29, 0.717) is 17.1 Å². The van der Waals surface area contributed by atoms with Crippen LogP contribution in [0.15, 0.2) is 24.3 Å². The van der Waals surface area contributed by atoms with Crippen LogP contribution in [0, 0.1) is 5.92 Å². The molecule has 0 aromatic heterocycles. The quantitative estimate of drug-likeness (QED) is 0.698. The van der Waals surface area contributed by atoms with Crippen LogP contribution >= 0.6 is 12.6 Å². The number of hydrogen-bond acceptors (Lipinski definition) is 1. The number of benzene rings is 1. The van der Waals surface area contributed by atoms with Gasteiger partial charge in [-0.2, -0.15) is 12.6 Å². The smallest absolute Gasteiger partial charge is 0.0290 e. The summed E-state index contributed by atoms with van der Waals surface area (Å²) in [5.41, 5.74) is 2.73. The molecule has 78 valence electrons. The monoisotopic (exact) mass is 208 g/mol. The molecule has 0 bridgehead atoms. The Morgan fingerprint density at radius 1 is 0.857 bits per heavy atom. The maximum Gasteiger partial charge on any atom is 0.0290 e. The highest BCUT2D eigenvalue weighted by molar-refractivity contribution is 7.80. The van der Waals surface area contributed by atoms with Gasteiger partial charge in [0.25, 0.3) is 0 Å². The van der Waals surface area contributed by atoms with Crippen LogP contribution < -0.4 is 0 Å². The van der Waals surface area contributed by atoms with Crippen LogP contribution in [0.5, 0.6) is 0 Å². The summed E-state index contributed by atoms with van der Waals surface area (Å²) in [6.45, 7) is 8.84.